The second-order valence-corrected chi connectivity index (χ2v) is 5.45. The summed E-state index contributed by atoms with van der Waals surface area (Å²) in [5.41, 5.74) is 0.567. The average molecular weight is 240 g/mol. The van der Waals surface area contributed by atoms with Gasteiger partial charge in [0, 0.05) is 6.04 Å². The second kappa shape index (κ2) is 4.88. The number of benzene rings is 1. The van der Waals surface area contributed by atoms with Crippen LogP contribution in [0, 0.1) is 5.41 Å². The number of carbonyl (C=O) groups is 1. The van der Waals surface area contributed by atoms with Crippen LogP contribution in [0.3, 0.4) is 0 Å². The van der Waals surface area contributed by atoms with Crippen molar-refractivity contribution in [2.45, 2.75) is 33.7 Å². The Morgan fingerprint density at radius 1 is 1.31 bits per heavy atom. The number of carbonyl (C=O) groups excluding carboxylic acids is 1. The van der Waals surface area contributed by atoms with Gasteiger partial charge in [-0.2, -0.15) is 0 Å². The van der Waals surface area contributed by atoms with E-state index in [0.29, 0.717) is 10.6 Å². The summed E-state index contributed by atoms with van der Waals surface area (Å²) >= 11 is 5.96. The number of halogens is 1. The maximum absolute atomic E-state index is 11.9. The summed E-state index contributed by atoms with van der Waals surface area (Å²) < 4.78 is 0. The van der Waals surface area contributed by atoms with Crippen molar-refractivity contribution in [3.05, 3.63) is 34.9 Å². The Balaban J connectivity index is 2.78. The first kappa shape index (κ1) is 13.0. The summed E-state index contributed by atoms with van der Waals surface area (Å²) in [6.45, 7) is 8.26. The molecule has 1 aromatic carbocycles. The Bertz CT molecular complexity index is 382. The molecule has 0 heterocycles. The predicted octanol–water partition coefficient (Wildman–Crippen LogP) is 3.50. The van der Waals surface area contributed by atoms with Crippen molar-refractivity contribution < 1.29 is 4.79 Å². The molecular weight excluding hydrogens is 222 g/mol. The van der Waals surface area contributed by atoms with Crippen LogP contribution in [0.5, 0.6) is 0 Å². The quantitative estimate of drug-likeness (QED) is 0.841. The third kappa shape index (κ3) is 3.24. The Hall–Kier alpha value is -1.02. The lowest BCUT2D eigenvalue weighted by atomic mass is 9.88. The van der Waals surface area contributed by atoms with Crippen LogP contribution in [0.15, 0.2) is 24.3 Å². The predicted molar refractivity (Wildman–Crippen MR) is 67.8 cm³/mol. The van der Waals surface area contributed by atoms with Crippen molar-refractivity contribution in [1.82, 2.24) is 5.32 Å². The zero-order chi connectivity index (χ0) is 12.3. The van der Waals surface area contributed by atoms with E-state index in [4.69, 9.17) is 11.6 Å². The van der Waals surface area contributed by atoms with Gasteiger partial charge < -0.3 is 5.32 Å². The summed E-state index contributed by atoms with van der Waals surface area (Å²) in [5, 5.41) is 3.44. The van der Waals surface area contributed by atoms with Gasteiger partial charge in [-0.15, -0.1) is 0 Å². The molecule has 0 fully saturated rings. The van der Waals surface area contributed by atoms with Crippen LogP contribution in [-0.2, 0) is 0 Å². The molecule has 88 valence electrons. The molecule has 0 aliphatic heterocycles. The lowest BCUT2D eigenvalue weighted by molar-refractivity contribution is 0.0910. The van der Waals surface area contributed by atoms with Gasteiger partial charge in [-0.3, -0.25) is 4.79 Å². The summed E-state index contributed by atoms with van der Waals surface area (Å²) in [5.74, 6) is -0.118. The van der Waals surface area contributed by atoms with Gasteiger partial charge >= 0.3 is 0 Å². The Morgan fingerprint density at radius 2 is 1.88 bits per heavy atom. The van der Waals surface area contributed by atoms with E-state index in [0.717, 1.165) is 0 Å². The zero-order valence-electron chi connectivity index (χ0n) is 10.2. The fourth-order valence-corrected chi connectivity index (χ4v) is 1.36. The van der Waals surface area contributed by atoms with Gasteiger partial charge in [-0.1, -0.05) is 44.5 Å². The highest BCUT2D eigenvalue weighted by Gasteiger charge is 2.22. The van der Waals surface area contributed by atoms with E-state index in [2.05, 4.69) is 26.1 Å². The molecule has 0 spiro atoms. The highest BCUT2D eigenvalue weighted by Crippen LogP contribution is 2.20. The topological polar surface area (TPSA) is 29.1 Å². The van der Waals surface area contributed by atoms with Crippen molar-refractivity contribution in [2.75, 3.05) is 0 Å². The minimum atomic E-state index is -0.118. The van der Waals surface area contributed by atoms with Crippen LogP contribution in [0.2, 0.25) is 5.02 Å². The number of nitrogens with one attached hydrogen (secondary N) is 1. The average Bonchev–Trinajstić information content (AvgIpc) is 2.16. The van der Waals surface area contributed by atoms with Crippen molar-refractivity contribution in [3.63, 3.8) is 0 Å². The number of amides is 1. The SMILES string of the molecule is CC(NC(=O)c1ccccc1Cl)C(C)(C)C. The van der Waals surface area contributed by atoms with Gasteiger partial charge in [0.15, 0.2) is 0 Å². The third-order valence-electron chi connectivity index (χ3n) is 2.77. The summed E-state index contributed by atoms with van der Waals surface area (Å²) in [7, 11) is 0. The minimum Gasteiger partial charge on any atom is -0.349 e. The van der Waals surface area contributed by atoms with Crippen LogP contribution in [0.4, 0.5) is 0 Å². The van der Waals surface area contributed by atoms with Gasteiger partial charge in [0.2, 0.25) is 0 Å². The molecule has 2 nitrogen and oxygen atoms in total. The molecular formula is C13H18ClNO. The van der Waals surface area contributed by atoms with Crippen molar-refractivity contribution in [2.24, 2.45) is 5.41 Å². The molecule has 1 atom stereocenters. The smallest absolute Gasteiger partial charge is 0.253 e. The Kier molecular flexibility index (Phi) is 3.98. The monoisotopic (exact) mass is 239 g/mol. The van der Waals surface area contributed by atoms with E-state index < -0.39 is 0 Å². The molecule has 0 aliphatic rings. The molecule has 1 amide bonds. The summed E-state index contributed by atoms with van der Waals surface area (Å²) in [6, 6.07) is 7.16. The molecule has 1 N–H and O–H groups in total. The number of hydrogen-bond donors (Lipinski definition) is 1. The molecule has 0 aliphatic carbocycles. The van der Waals surface area contributed by atoms with Crippen molar-refractivity contribution in [1.29, 1.82) is 0 Å². The molecule has 1 rings (SSSR count). The maximum Gasteiger partial charge on any atom is 0.253 e. The molecule has 0 saturated heterocycles. The van der Waals surface area contributed by atoms with Gasteiger partial charge in [-0.25, -0.2) is 0 Å². The minimum absolute atomic E-state index is 0.0386. The van der Waals surface area contributed by atoms with Crippen LogP contribution in [0.1, 0.15) is 38.1 Å². The first-order valence-electron chi connectivity index (χ1n) is 5.38. The standard InChI is InChI=1S/C13H18ClNO/c1-9(13(2,3)4)15-12(16)10-7-5-6-8-11(10)14/h5-9H,1-4H3,(H,15,16). The molecule has 0 bridgehead atoms. The zero-order valence-corrected chi connectivity index (χ0v) is 10.9. The van der Waals surface area contributed by atoms with Crippen molar-refractivity contribution >= 4 is 17.5 Å². The fourth-order valence-electron chi connectivity index (χ4n) is 1.14. The normalized spacial score (nSPS) is 13.3. The number of rotatable bonds is 2. The molecule has 3 heteroatoms. The van der Waals surface area contributed by atoms with Crippen LogP contribution < -0.4 is 5.32 Å². The van der Waals surface area contributed by atoms with E-state index in [1.54, 1.807) is 12.1 Å². The second-order valence-electron chi connectivity index (χ2n) is 5.04. The molecule has 0 saturated carbocycles. The fraction of sp³-hybridized carbons (Fsp3) is 0.462. The van der Waals surface area contributed by atoms with Crippen LogP contribution >= 0.6 is 11.6 Å². The highest BCUT2D eigenvalue weighted by atomic mass is 35.5. The van der Waals surface area contributed by atoms with E-state index >= 15 is 0 Å². The van der Waals surface area contributed by atoms with Crippen molar-refractivity contribution in [3.8, 4) is 0 Å². The van der Waals surface area contributed by atoms with E-state index in [-0.39, 0.29) is 17.4 Å². The molecule has 16 heavy (non-hydrogen) atoms. The van der Waals surface area contributed by atoms with Gasteiger partial charge in [0.1, 0.15) is 0 Å². The largest absolute Gasteiger partial charge is 0.349 e. The van der Waals surface area contributed by atoms with Crippen LogP contribution in [-0.4, -0.2) is 11.9 Å². The van der Waals surface area contributed by atoms with E-state index in [1.807, 2.05) is 19.1 Å². The van der Waals surface area contributed by atoms with E-state index in [9.17, 15) is 4.79 Å². The molecule has 0 radical (unpaired) electrons. The van der Waals surface area contributed by atoms with E-state index in [1.165, 1.54) is 0 Å². The van der Waals surface area contributed by atoms with Gasteiger partial charge in [0.05, 0.1) is 10.6 Å². The third-order valence-corrected chi connectivity index (χ3v) is 3.09. The first-order valence-corrected chi connectivity index (χ1v) is 5.75. The first-order chi connectivity index (χ1) is 7.32. The molecule has 1 unspecified atom stereocenters. The lowest BCUT2D eigenvalue weighted by Gasteiger charge is -2.28. The highest BCUT2D eigenvalue weighted by molar-refractivity contribution is 6.33. The van der Waals surface area contributed by atoms with Crippen LogP contribution in [0.25, 0.3) is 0 Å². The maximum atomic E-state index is 11.9. The summed E-state index contributed by atoms with van der Waals surface area (Å²) in [6.07, 6.45) is 0. The number of hydrogen-bond acceptors (Lipinski definition) is 1. The lowest BCUT2D eigenvalue weighted by Crippen LogP contribution is -2.41. The molecule has 0 aromatic heterocycles. The Morgan fingerprint density at radius 3 is 2.38 bits per heavy atom. The Labute approximate surface area is 102 Å². The summed E-state index contributed by atoms with van der Waals surface area (Å²) in [4.78, 5) is 11.9. The van der Waals surface area contributed by atoms with Gasteiger partial charge in [-0.05, 0) is 24.5 Å². The van der Waals surface area contributed by atoms with Gasteiger partial charge in [0.25, 0.3) is 5.91 Å². The molecule has 1 aromatic rings.